The van der Waals surface area contributed by atoms with Crippen molar-refractivity contribution in [2.75, 3.05) is 11.9 Å². The van der Waals surface area contributed by atoms with Gasteiger partial charge in [0.15, 0.2) is 0 Å². The summed E-state index contributed by atoms with van der Waals surface area (Å²) in [7, 11) is 0. The predicted octanol–water partition coefficient (Wildman–Crippen LogP) is 4.38. The molecule has 0 radical (unpaired) electrons. The molecule has 2 aromatic carbocycles. The lowest BCUT2D eigenvalue weighted by Gasteiger charge is -2.10. The summed E-state index contributed by atoms with van der Waals surface area (Å²) in [6.45, 7) is 4.14. The highest BCUT2D eigenvalue weighted by Gasteiger charge is 2.06. The summed E-state index contributed by atoms with van der Waals surface area (Å²) in [5, 5.41) is 8.04. The zero-order valence-corrected chi connectivity index (χ0v) is 14.7. The number of benzene rings is 2. The zero-order valence-electron chi connectivity index (χ0n) is 14.0. The fourth-order valence-corrected chi connectivity index (χ4v) is 2.45. The molecular weight excluding hydrogens is 322 g/mol. The Hall–Kier alpha value is -2.33. The van der Waals surface area contributed by atoms with E-state index in [1.165, 1.54) is 0 Å². The van der Waals surface area contributed by atoms with Crippen LogP contribution in [-0.2, 0) is 4.79 Å². The number of carbonyl (C=O) groups excluding carboxylic acids is 1. The highest BCUT2D eigenvalue weighted by molar-refractivity contribution is 6.31. The topological polar surface area (TPSA) is 53.5 Å². The van der Waals surface area contributed by atoms with Gasteiger partial charge in [0.2, 0.25) is 0 Å². The number of anilines is 1. The van der Waals surface area contributed by atoms with Crippen LogP contribution in [0, 0.1) is 6.92 Å². The Balaban J connectivity index is 1.96. The number of hydrogen-bond acceptors (Lipinski definition) is 3. The molecule has 24 heavy (non-hydrogen) atoms. The normalized spacial score (nSPS) is 11.2. The summed E-state index contributed by atoms with van der Waals surface area (Å²) < 4.78 is 0. The summed E-state index contributed by atoms with van der Waals surface area (Å²) in [6.07, 6.45) is 1.77. The van der Waals surface area contributed by atoms with Gasteiger partial charge in [-0.2, -0.15) is 5.10 Å². The summed E-state index contributed by atoms with van der Waals surface area (Å²) in [4.78, 5) is 12.0. The van der Waals surface area contributed by atoms with E-state index in [-0.39, 0.29) is 12.5 Å². The van der Waals surface area contributed by atoms with E-state index in [1.807, 2.05) is 55.5 Å². The van der Waals surface area contributed by atoms with E-state index < -0.39 is 0 Å². The van der Waals surface area contributed by atoms with Crippen molar-refractivity contribution in [2.45, 2.75) is 26.7 Å². The van der Waals surface area contributed by atoms with Gasteiger partial charge >= 0.3 is 0 Å². The maximum atomic E-state index is 12.0. The average molecular weight is 344 g/mol. The molecule has 4 nitrogen and oxygen atoms in total. The number of halogens is 1. The largest absolute Gasteiger partial charge is 0.376 e. The molecule has 2 rings (SSSR count). The molecule has 2 N–H and O–H groups in total. The van der Waals surface area contributed by atoms with Gasteiger partial charge in [-0.15, -0.1) is 0 Å². The second kappa shape index (κ2) is 9.08. The van der Waals surface area contributed by atoms with Crippen LogP contribution in [0.4, 0.5) is 5.69 Å². The lowest BCUT2D eigenvalue weighted by Crippen LogP contribution is -2.27. The zero-order chi connectivity index (χ0) is 17.4. The third-order valence-electron chi connectivity index (χ3n) is 3.62. The van der Waals surface area contributed by atoms with E-state index >= 15 is 0 Å². The van der Waals surface area contributed by atoms with Gasteiger partial charge in [-0.3, -0.25) is 4.79 Å². The number of amides is 1. The summed E-state index contributed by atoms with van der Waals surface area (Å²) in [5.74, 6) is -0.195. The van der Waals surface area contributed by atoms with E-state index in [9.17, 15) is 4.79 Å². The fraction of sp³-hybridized carbons (Fsp3) is 0.263. The van der Waals surface area contributed by atoms with Crippen molar-refractivity contribution >= 4 is 28.9 Å². The molecule has 0 bridgehead atoms. The number of nitrogens with one attached hydrogen (secondary N) is 2. The van der Waals surface area contributed by atoms with Gasteiger partial charge in [-0.25, -0.2) is 5.43 Å². The quantitative estimate of drug-likeness (QED) is 0.579. The maximum absolute atomic E-state index is 12.0. The molecule has 0 aliphatic carbocycles. The molecule has 0 unspecified atom stereocenters. The van der Waals surface area contributed by atoms with Gasteiger partial charge in [0.25, 0.3) is 5.91 Å². The first-order valence-electron chi connectivity index (χ1n) is 8.01. The molecule has 0 atom stereocenters. The summed E-state index contributed by atoms with van der Waals surface area (Å²) in [6, 6.07) is 15.4. The molecule has 5 heteroatoms. The summed E-state index contributed by atoms with van der Waals surface area (Å²) in [5.41, 5.74) is 6.30. The predicted molar refractivity (Wildman–Crippen MR) is 101 cm³/mol. The lowest BCUT2D eigenvalue weighted by molar-refractivity contribution is -0.119. The van der Waals surface area contributed by atoms with Crippen LogP contribution < -0.4 is 10.7 Å². The van der Waals surface area contributed by atoms with Crippen molar-refractivity contribution in [1.29, 1.82) is 0 Å². The first-order chi connectivity index (χ1) is 11.6. The number of carbonyl (C=O) groups is 1. The van der Waals surface area contributed by atoms with E-state index in [0.717, 1.165) is 35.4 Å². The van der Waals surface area contributed by atoms with Crippen LogP contribution in [-0.4, -0.2) is 18.2 Å². The smallest absolute Gasteiger partial charge is 0.259 e. The number of nitrogens with zero attached hydrogens (tertiary/aromatic N) is 1. The average Bonchev–Trinajstić information content (AvgIpc) is 2.60. The van der Waals surface area contributed by atoms with Gasteiger partial charge in [-0.1, -0.05) is 61.3 Å². The Morgan fingerprint density at radius 2 is 1.88 bits per heavy atom. The molecule has 0 saturated heterocycles. The molecule has 0 fully saturated rings. The molecule has 0 heterocycles. The molecule has 0 aromatic heterocycles. The van der Waals surface area contributed by atoms with Crippen LogP contribution in [0.3, 0.4) is 0 Å². The minimum Gasteiger partial charge on any atom is -0.376 e. The van der Waals surface area contributed by atoms with E-state index in [2.05, 4.69) is 22.8 Å². The second-order valence-corrected chi connectivity index (χ2v) is 5.88. The van der Waals surface area contributed by atoms with Crippen molar-refractivity contribution < 1.29 is 4.79 Å². The molecule has 0 aliphatic rings. The third-order valence-corrected chi connectivity index (χ3v) is 4.03. The Morgan fingerprint density at radius 1 is 1.12 bits per heavy atom. The molecular formula is C19H22ClN3O. The van der Waals surface area contributed by atoms with Crippen LogP contribution in [0.15, 0.2) is 53.6 Å². The second-order valence-electron chi connectivity index (χ2n) is 5.48. The highest BCUT2D eigenvalue weighted by atomic mass is 35.5. The Labute approximate surface area is 147 Å². The van der Waals surface area contributed by atoms with Crippen molar-refractivity contribution in [3.8, 4) is 0 Å². The van der Waals surface area contributed by atoms with Crippen molar-refractivity contribution in [1.82, 2.24) is 5.43 Å². The van der Waals surface area contributed by atoms with E-state index in [4.69, 9.17) is 11.6 Å². The van der Waals surface area contributed by atoms with Gasteiger partial charge in [0, 0.05) is 10.7 Å². The monoisotopic (exact) mass is 343 g/mol. The Kier molecular flexibility index (Phi) is 6.82. The minimum atomic E-state index is -0.195. The van der Waals surface area contributed by atoms with Crippen molar-refractivity contribution in [2.24, 2.45) is 5.10 Å². The first kappa shape index (κ1) is 18.0. The van der Waals surface area contributed by atoms with Crippen LogP contribution in [0.5, 0.6) is 0 Å². The molecule has 0 aliphatic heterocycles. The van der Waals surface area contributed by atoms with Crippen molar-refractivity contribution in [3.63, 3.8) is 0 Å². The molecule has 126 valence electrons. The summed E-state index contributed by atoms with van der Waals surface area (Å²) >= 11 is 6.07. The molecule has 1 amide bonds. The van der Waals surface area contributed by atoms with Crippen LogP contribution >= 0.6 is 11.6 Å². The highest BCUT2D eigenvalue weighted by Crippen LogP contribution is 2.22. The maximum Gasteiger partial charge on any atom is 0.259 e. The minimum absolute atomic E-state index is 0.138. The van der Waals surface area contributed by atoms with Gasteiger partial charge in [-0.05, 0) is 36.6 Å². The molecule has 0 saturated carbocycles. The Bertz CT molecular complexity index is 714. The van der Waals surface area contributed by atoms with Crippen LogP contribution in [0.25, 0.3) is 0 Å². The first-order valence-corrected chi connectivity index (χ1v) is 8.39. The SMILES string of the molecule is CCC/C(=N/NC(=O)CNc1cccc(Cl)c1C)c1ccccc1. The number of hydrazone groups is 1. The van der Waals surface area contributed by atoms with Gasteiger partial charge in [0.05, 0.1) is 12.3 Å². The van der Waals surface area contributed by atoms with E-state index in [0.29, 0.717) is 5.02 Å². The van der Waals surface area contributed by atoms with Gasteiger partial charge < -0.3 is 5.32 Å². The molecule has 2 aromatic rings. The molecule has 0 spiro atoms. The van der Waals surface area contributed by atoms with Crippen molar-refractivity contribution in [3.05, 3.63) is 64.7 Å². The van der Waals surface area contributed by atoms with Crippen LogP contribution in [0.2, 0.25) is 5.02 Å². The lowest BCUT2D eigenvalue weighted by atomic mass is 10.1. The van der Waals surface area contributed by atoms with E-state index in [1.54, 1.807) is 0 Å². The fourth-order valence-electron chi connectivity index (χ4n) is 2.28. The number of rotatable bonds is 7. The third kappa shape index (κ3) is 5.10. The van der Waals surface area contributed by atoms with Crippen LogP contribution in [0.1, 0.15) is 30.9 Å². The van der Waals surface area contributed by atoms with Gasteiger partial charge in [0.1, 0.15) is 0 Å². The standard InChI is InChI=1S/C19H22ClN3O/c1-3-8-18(15-9-5-4-6-10-15)22-23-19(24)13-21-17-12-7-11-16(20)14(17)2/h4-7,9-12,21H,3,8,13H2,1-2H3,(H,23,24)/b22-18-. The number of hydrogen-bond donors (Lipinski definition) is 2. The Morgan fingerprint density at radius 3 is 2.58 bits per heavy atom.